The van der Waals surface area contributed by atoms with E-state index < -0.39 is 0 Å². The van der Waals surface area contributed by atoms with Gasteiger partial charge in [-0.15, -0.1) is 0 Å². The predicted octanol–water partition coefficient (Wildman–Crippen LogP) is 3.02. The number of hydrogen-bond donors (Lipinski definition) is 2. The first-order valence-corrected chi connectivity index (χ1v) is 7.47. The maximum absolute atomic E-state index is 5.57. The Morgan fingerprint density at radius 1 is 1.41 bits per heavy atom. The molecule has 0 bridgehead atoms. The van der Waals surface area contributed by atoms with Crippen LogP contribution in [0.1, 0.15) is 24.8 Å². The van der Waals surface area contributed by atoms with Crippen LogP contribution in [0.4, 0.5) is 5.69 Å². The Hall–Kier alpha value is -0.740. The highest BCUT2D eigenvalue weighted by Crippen LogP contribution is 2.42. The number of thioether (sulfide) groups is 1. The van der Waals surface area contributed by atoms with Crippen molar-refractivity contribution in [3.8, 4) is 0 Å². The molecule has 1 saturated carbocycles. The van der Waals surface area contributed by atoms with E-state index >= 15 is 0 Å². The first kappa shape index (κ1) is 12.7. The average Bonchev–Trinajstić information content (AvgIpc) is 2.29. The number of nitrogens with two attached hydrogens (primary N) is 1. The molecule has 0 aromatic heterocycles. The lowest BCUT2D eigenvalue weighted by molar-refractivity contribution is 0.380. The molecular formula is C13H18N2S2. The molecule has 1 aliphatic carbocycles. The summed E-state index contributed by atoms with van der Waals surface area (Å²) < 4.78 is 0.460. The summed E-state index contributed by atoms with van der Waals surface area (Å²) in [5.74, 6) is 0. The highest BCUT2D eigenvalue weighted by Gasteiger charge is 2.35. The molecule has 0 saturated heterocycles. The van der Waals surface area contributed by atoms with E-state index in [2.05, 4.69) is 11.6 Å². The number of nitrogens with one attached hydrogen (secondary N) is 1. The molecule has 17 heavy (non-hydrogen) atoms. The predicted molar refractivity (Wildman–Crippen MR) is 80.9 cm³/mol. The van der Waals surface area contributed by atoms with Crippen LogP contribution in [0.15, 0.2) is 24.3 Å². The van der Waals surface area contributed by atoms with Gasteiger partial charge in [0.05, 0.1) is 0 Å². The van der Waals surface area contributed by atoms with Crippen LogP contribution in [0, 0.1) is 0 Å². The Morgan fingerprint density at radius 3 is 2.47 bits per heavy atom. The maximum Gasteiger partial charge on any atom is 0.103 e. The lowest BCUT2D eigenvalue weighted by atomic mass is 9.84. The van der Waals surface area contributed by atoms with Crippen molar-refractivity contribution in [2.75, 3.05) is 18.1 Å². The van der Waals surface area contributed by atoms with Crippen molar-refractivity contribution in [1.29, 1.82) is 0 Å². The highest BCUT2D eigenvalue weighted by molar-refractivity contribution is 8.00. The van der Waals surface area contributed by atoms with E-state index in [1.807, 2.05) is 36.0 Å². The fourth-order valence-corrected chi connectivity index (χ4v) is 3.09. The van der Waals surface area contributed by atoms with E-state index in [-0.39, 0.29) is 0 Å². The highest BCUT2D eigenvalue weighted by atomic mass is 32.2. The molecule has 1 aromatic rings. The Kier molecular flexibility index (Phi) is 3.94. The van der Waals surface area contributed by atoms with E-state index in [0.29, 0.717) is 9.74 Å². The molecule has 0 atom stereocenters. The van der Waals surface area contributed by atoms with Gasteiger partial charge in [-0.2, -0.15) is 11.8 Å². The number of benzene rings is 1. The zero-order valence-corrected chi connectivity index (χ0v) is 11.7. The molecule has 0 spiro atoms. The molecule has 0 radical (unpaired) electrons. The normalized spacial score (nSPS) is 17.2. The minimum absolute atomic E-state index is 0.455. The van der Waals surface area contributed by atoms with Crippen LogP contribution in [0.3, 0.4) is 0 Å². The van der Waals surface area contributed by atoms with Crippen LogP contribution < -0.4 is 11.1 Å². The van der Waals surface area contributed by atoms with Crippen molar-refractivity contribution >= 4 is 34.7 Å². The molecule has 0 amide bonds. The van der Waals surface area contributed by atoms with Crippen molar-refractivity contribution in [3.05, 3.63) is 29.8 Å². The third-order valence-electron chi connectivity index (χ3n) is 3.48. The smallest absolute Gasteiger partial charge is 0.103 e. The van der Waals surface area contributed by atoms with Gasteiger partial charge >= 0.3 is 0 Å². The molecule has 2 rings (SSSR count). The quantitative estimate of drug-likeness (QED) is 0.804. The summed E-state index contributed by atoms with van der Waals surface area (Å²) in [6, 6.07) is 8.02. The van der Waals surface area contributed by atoms with Gasteiger partial charge in [-0.1, -0.05) is 18.6 Å². The molecule has 2 nitrogen and oxygen atoms in total. The number of anilines is 1. The van der Waals surface area contributed by atoms with Gasteiger partial charge in [-0.3, -0.25) is 0 Å². The van der Waals surface area contributed by atoms with Crippen LogP contribution in [0.2, 0.25) is 0 Å². The number of thiocarbonyl (C=S) groups is 1. The second-order valence-electron chi connectivity index (χ2n) is 4.54. The van der Waals surface area contributed by atoms with Gasteiger partial charge in [-0.05, 0) is 43.4 Å². The van der Waals surface area contributed by atoms with Gasteiger partial charge in [0.15, 0.2) is 0 Å². The standard InChI is InChI=1S/C13H18N2S2/c1-17-13(7-2-8-13)9-15-11-5-3-10(4-6-11)12(14)16/h3-6,15H,2,7-9H2,1H3,(H2,14,16). The van der Waals surface area contributed by atoms with E-state index in [0.717, 1.165) is 17.8 Å². The zero-order valence-electron chi connectivity index (χ0n) is 10.0. The summed E-state index contributed by atoms with van der Waals surface area (Å²) in [4.78, 5) is 0.455. The van der Waals surface area contributed by atoms with Crippen molar-refractivity contribution < 1.29 is 0 Å². The average molecular weight is 266 g/mol. The molecule has 0 heterocycles. The summed E-state index contributed by atoms with van der Waals surface area (Å²) in [6.07, 6.45) is 6.22. The van der Waals surface area contributed by atoms with Crippen molar-refractivity contribution in [2.24, 2.45) is 5.73 Å². The third kappa shape index (κ3) is 2.93. The summed E-state index contributed by atoms with van der Waals surface area (Å²) >= 11 is 6.91. The number of rotatable bonds is 5. The van der Waals surface area contributed by atoms with E-state index in [9.17, 15) is 0 Å². The Morgan fingerprint density at radius 2 is 2.06 bits per heavy atom. The SMILES string of the molecule is CSC1(CNc2ccc(C(N)=S)cc2)CCC1. The second kappa shape index (κ2) is 5.27. The molecule has 3 N–H and O–H groups in total. The first-order valence-electron chi connectivity index (χ1n) is 5.84. The topological polar surface area (TPSA) is 38.0 Å². The lowest BCUT2D eigenvalue weighted by Gasteiger charge is -2.40. The van der Waals surface area contributed by atoms with Crippen molar-refractivity contribution in [2.45, 2.75) is 24.0 Å². The van der Waals surface area contributed by atoms with Gasteiger partial charge in [-0.25, -0.2) is 0 Å². The van der Waals surface area contributed by atoms with Gasteiger partial charge in [0.25, 0.3) is 0 Å². The van der Waals surface area contributed by atoms with E-state index in [1.54, 1.807) is 0 Å². The molecule has 92 valence electrons. The number of hydrogen-bond acceptors (Lipinski definition) is 3. The van der Waals surface area contributed by atoms with Crippen LogP contribution in [0.25, 0.3) is 0 Å². The van der Waals surface area contributed by atoms with Crippen LogP contribution in [0.5, 0.6) is 0 Å². The van der Waals surface area contributed by atoms with E-state index in [4.69, 9.17) is 18.0 Å². The zero-order chi connectivity index (χ0) is 12.3. The minimum Gasteiger partial charge on any atom is -0.389 e. The van der Waals surface area contributed by atoms with Gasteiger partial charge in [0.2, 0.25) is 0 Å². The monoisotopic (exact) mass is 266 g/mol. The Bertz CT molecular complexity index is 391. The minimum atomic E-state index is 0.455. The maximum atomic E-state index is 5.57. The van der Waals surface area contributed by atoms with Gasteiger partial charge in [0.1, 0.15) is 4.99 Å². The molecule has 0 aliphatic heterocycles. The lowest BCUT2D eigenvalue weighted by Crippen LogP contribution is -2.40. The first-order chi connectivity index (χ1) is 8.15. The van der Waals surface area contributed by atoms with Crippen molar-refractivity contribution in [1.82, 2.24) is 0 Å². The molecule has 1 fully saturated rings. The summed E-state index contributed by atoms with van der Waals surface area (Å²) in [5, 5.41) is 3.50. The van der Waals surface area contributed by atoms with Crippen LogP contribution in [-0.4, -0.2) is 22.5 Å². The van der Waals surface area contributed by atoms with Crippen LogP contribution >= 0.6 is 24.0 Å². The third-order valence-corrected chi connectivity index (χ3v) is 5.14. The van der Waals surface area contributed by atoms with Crippen LogP contribution in [-0.2, 0) is 0 Å². The van der Waals surface area contributed by atoms with Gasteiger partial charge < -0.3 is 11.1 Å². The molecule has 0 unspecified atom stereocenters. The van der Waals surface area contributed by atoms with E-state index in [1.165, 1.54) is 19.3 Å². The Labute approximate surface area is 112 Å². The molecule has 4 heteroatoms. The Balaban J connectivity index is 1.93. The van der Waals surface area contributed by atoms with Crippen molar-refractivity contribution in [3.63, 3.8) is 0 Å². The molecule has 1 aromatic carbocycles. The summed E-state index contributed by atoms with van der Waals surface area (Å²) in [6.45, 7) is 1.04. The largest absolute Gasteiger partial charge is 0.389 e. The second-order valence-corrected chi connectivity index (χ2v) is 6.25. The molecular weight excluding hydrogens is 248 g/mol. The summed E-state index contributed by atoms with van der Waals surface area (Å²) in [5.41, 5.74) is 7.64. The van der Waals surface area contributed by atoms with Gasteiger partial charge in [0, 0.05) is 22.5 Å². The fourth-order valence-electron chi connectivity index (χ4n) is 2.04. The fraction of sp³-hybridized carbons (Fsp3) is 0.462. The summed E-state index contributed by atoms with van der Waals surface area (Å²) in [7, 11) is 0. The molecule has 1 aliphatic rings.